The van der Waals surface area contributed by atoms with Crippen LogP contribution in [0.15, 0.2) is 29.6 Å². The lowest BCUT2D eigenvalue weighted by Crippen LogP contribution is -2.10. The largest absolute Gasteiger partial charge is 0.326 e. The number of benzene rings is 1. The SMILES string of the molecule is Cc1cc2nc(Cc3cccs3)n(CC(C)C#N)c2cc1C. The van der Waals surface area contributed by atoms with E-state index in [1.165, 1.54) is 16.0 Å². The maximum atomic E-state index is 9.17. The number of aryl methyl sites for hydroxylation is 2. The Morgan fingerprint density at radius 2 is 2.09 bits per heavy atom. The van der Waals surface area contributed by atoms with E-state index < -0.39 is 0 Å². The van der Waals surface area contributed by atoms with Crippen molar-refractivity contribution in [2.75, 3.05) is 0 Å². The van der Waals surface area contributed by atoms with Crippen LogP contribution in [0.1, 0.15) is 28.8 Å². The van der Waals surface area contributed by atoms with Gasteiger partial charge in [-0.2, -0.15) is 5.26 Å². The van der Waals surface area contributed by atoms with Gasteiger partial charge in [0.25, 0.3) is 0 Å². The molecule has 112 valence electrons. The third-order valence-electron chi connectivity index (χ3n) is 4.03. The number of aromatic nitrogens is 2. The Balaban J connectivity index is 2.12. The second-order valence-electron chi connectivity index (χ2n) is 5.85. The van der Waals surface area contributed by atoms with Crippen LogP contribution in [0.5, 0.6) is 0 Å². The van der Waals surface area contributed by atoms with Crippen LogP contribution in [0.2, 0.25) is 0 Å². The zero-order valence-electron chi connectivity index (χ0n) is 13.1. The Morgan fingerprint density at radius 1 is 1.32 bits per heavy atom. The summed E-state index contributed by atoms with van der Waals surface area (Å²) in [5.74, 6) is 1.02. The topological polar surface area (TPSA) is 41.6 Å². The maximum absolute atomic E-state index is 9.17. The summed E-state index contributed by atoms with van der Waals surface area (Å²) in [5, 5.41) is 11.3. The van der Waals surface area contributed by atoms with Crippen LogP contribution in [0, 0.1) is 31.1 Å². The zero-order valence-corrected chi connectivity index (χ0v) is 13.9. The Hall–Kier alpha value is -2.12. The molecule has 1 atom stereocenters. The first-order chi connectivity index (χ1) is 10.6. The van der Waals surface area contributed by atoms with Gasteiger partial charge in [-0.25, -0.2) is 4.98 Å². The van der Waals surface area contributed by atoms with Gasteiger partial charge in [0, 0.05) is 17.8 Å². The summed E-state index contributed by atoms with van der Waals surface area (Å²) in [6, 6.07) is 10.9. The van der Waals surface area contributed by atoms with Crippen LogP contribution in [0.3, 0.4) is 0 Å². The minimum absolute atomic E-state index is 0.0268. The van der Waals surface area contributed by atoms with E-state index in [-0.39, 0.29) is 5.92 Å². The van der Waals surface area contributed by atoms with Gasteiger partial charge in [-0.05, 0) is 55.5 Å². The summed E-state index contributed by atoms with van der Waals surface area (Å²) in [6.07, 6.45) is 0.822. The number of rotatable bonds is 4. The second-order valence-corrected chi connectivity index (χ2v) is 6.88. The van der Waals surface area contributed by atoms with Crippen molar-refractivity contribution in [3.63, 3.8) is 0 Å². The first kappa shape index (κ1) is 14.8. The molecule has 0 amide bonds. The number of nitrogens with zero attached hydrogens (tertiary/aromatic N) is 3. The van der Waals surface area contributed by atoms with E-state index in [1.54, 1.807) is 11.3 Å². The Kier molecular flexibility index (Phi) is 4.00. The van der Waals surface area contributed by atoms with Crippen LogP contribution >= 0.6 is 11.3 Å². The molecule has 0 fully saturated rings. The molecule has 0 radical (unpaired) electrons. The highest BCUT2D eigenvalue weighted by Gasteiger charge is 2.15. The van der Waals surface area contributed by atoms with Crippen molar-refractivity contribution in [3.8, 4) is 6.07 Å². The van der Waals surface area contributed by atoms with E-state index in [2.05, 4.69) is 54.1 Å². The lowest BCUT2D eigenvalue weighted by Gasteiger charge is -2.10. The molecule has 0 saturated heterocycles. The number of fused-ring (bicyclic) bond motifs is 1. The molecule has 3 nitrogen and oxygen atoms in total. The second kappa shape index (κ2) is 5.94. The van der Waals surface area contributed by atoms with E-state index in [0.717, 1.165) is 23.3 Å². The van der Waals surface area contributed by atoms with Crippen molar-refractivity contribution in [1.82, 2.24) is 9.55 Å². The standard InChI is InChI=1S/C18H19N3S/c1-12(10-19)11-21-17-8-14(3)13(2)7-16(17)20-18(21)9-15-5-4-6-22-15/h4-8,12H,9,11H2,1-3H3. The van der Waals surface area contributed by atoms with Gasteiger partial charge in [0.15, 0.2) is 0 Å². The lowest BCUT2D eigenvalue weighted by atomic mass is 10.1. The number of thiophene rings is 1. The first-order valence-corrected chi connectivity index (χ1v) is 8.35. The Morgan fingerprint density at radius 3 is 2.77 bits per heavy atom. The lowest BCUT2D eigenvalue weighted by molar-refractivity contribution is 0.575. The van der Waals surface area contributed by atoms with Crippen molar-refractivity contribution in [2.45, 2.75) is 33.7 Å². The van der Waals surface area contributed by atoms with Crippen LogP contribution in [-0.2, 0) is 13.0 Å². The van der Waals surface area contributed by atoms with Crippen molar-refractivity contribution in [2.24, 2.45) is 5.92 Å². The smallest absolute Gasteiger partial charge is 0.115 e. The van der Waals surface area contributed by atoms with E-state index in [4.69, 9.17) is 4.98 Å². The summed E-state index contributed by atoms with van der Waals surface area (Å²) in [7, 11) is 0. The molecule has 0 aliphatic rings. The molecule has 0 aliphatic carbocycles. The molecule has 0 spiro atoms. The number of nitriles is 1. The molecule has 1 unspecified atom stereocenters. The highest BCUT2D eigenvalue weighted by Crippen LogP contribution is 2.24. The minimum Gasteiger partial charge on any atom is -0.326 e. The number of imidazole rings is 1. The van der Waals surface area contributed by atoms with Gasteiger partial charge in [-0.15, -0.1) is 11.3 Å². The van der Waals surface area contributed by atoms with E-state index >= 15 is 0 Å². The molecule has 3 rings (SSSR count). The molecule has 2 aromatic heterocycles. The number of hydrogen-bond donors (Lipinski definition) is 0. The molecule has 3 aromatic rings. The fourth-order valence-corrected chi connectivity index (χ4v) is 3.35. The number of hydrogen-bond acceptors (Lipinski definition) is 3. The molecular weight excluding hydrogens is 290 g/mol. The van der Waals surface area contributed by atoms with Gasteiger partial charge >= 0.3 is 0 Å². The van der Waals surface area contributed by atoms with Gasteiger partial charge in [-0.3, -0.25) is 0 Å². The van der Waals surface area contributed by atoms with E-state index in [0.29, 0.717) is 6.54 Å². The maximum Gasteiger partial charge on any atom is 0.115 e. The average Bonchev–Trinajstić information content (AvgIpc) is 3.10. The molecular formula is C18H19N3S. The molecule has 0 aliphatic heterocycles. The third-order valence-corrected chi connectivity index (χ3v) is 4.91. The predicted octanol–water partition coefficient (Wildman–Crippen LogP) is 4.47. The van der Waals surface area contributed by atoms with Gasteiger partial charge < -0.3 is 4.57 Å². The normalized spacial score (nSPS) is 12.5. The summed E-state index contributed by atoms with van der Waals surface area (Å²) in [5.41, 5.74) is 4.69. The van der Waals surface area contributed by atoms with Gasteiger partial charge in [0.1, 0.15) is 5.82 Å². The van der Waals surface area contributed by atoms with Crippen LogP contribution < -0.4 is 0 Å². The first-order valence-electron chi connectivity index (χ1n) is 7.47. The Labute approximate surface area is 134 Å². The highest BCUT2D eigenvalue weighted by molar-refractivity contribution is 7.09. The molecule has 1 aromatic carbocycles. The van der Waals surface area contributed by atoms with Crippen molar-refractivity contribution >= 4 is 22.4 Å². The van der Waals surface area contributed by atoms with Gasteiger partial charge in [0.05, 0.1) is 23.0 Å². The van der Waals surface area contributed by atoms with E-state index in [9.17, 15) is 5.26 Å². The minimum atomic E-state index is -0.0268. The fourth-order valence-electron chi connectivity index (χ4n) is 2.65. The van der Waals surface area contributed by atoms with Crippen molar-refractivity contribution in [1.29, 1.82) is 5.26 Å². The predicted molar refractivity (Wildman–Crippen MR) is 91.1 cm³/mol. The quantitative estimate of drug-likeness (QED) is 0.713. The summed E-state index contributed by atoms with van der Waals surface area (Å²) in [4.78, 5) is 6.14. The Bertz CT molecular complexity index is 837. The van der Waals surface area contributed by atoms with Crippen molar-refractivity contribution < 1.29 is 0 Å². The molecule has 0 bridgehead atoms. The van der Waals surface area contributed by atoms with Crippen LogP contribution in [-0.4, -0.2) is 9.55 Å². The van der Waals surface area contributed by atoms with Gasteiger partial charge in [-0.1, -0.05) is 6.07 Å². The molecule has 4 heteroatoms. The summed E-state index contributed by atoms with van der Waals surface area (Å²) in [6.45, 7) is 6.89. The van der Waals surface area contributed by atoms with Crippen LogP contribution in [0.4, 0.5) is 0 Å². The zero-order chi connectivity index (χ0) is 15.7. The molecule has 0 saturated carbocycles. The van der Waals surface area contributed by atoms with Crippen molar-refractivity contribution in [3.05, 3.63) is 51.5 Å². The van der Waals surface area contributed by atoms with Gasteiger partial charge in [0.2, 0.25) is 0 Å². The van der Waals surface area contributed by atoms with E-state index in [1.807, 2.05) is 6.92 Å². The summed E-state index contributed by atoms with van der Waals surface area (Å²) < 4.78 is 2.22. The molecule has 2 heterocycles. The molecule has 0 N–H and O–H groups in total. The fraction of sp³-hybridized carbons (Fsp3) is 0.333. The monoisotopic (exact) mass is 309 g/mol. The van der Waals surface area contributed by atoms with Crippen LogP contribution in [0.25, 0.3) is 11.0 Å². The highest BCUT2D eigenvalue weighted by atomic mass is 32.1. The third kappa shape index (κ3) is 2.77. The average molecular weight is 309 g/mol. The molecule has 22 heavy (non-hydrogen) atoms. The summed E-state index contributed by atoms with van der Waals surface area (Å²) >= 11 is 1.75.